The van der Waals surface area contributed by atoms with E-state index in [0.717, 1.165) is 26.0 Å². The van der Waals surface area contributed by atoms with E-state index in [9.17, 15) is 5.11 Å². The third-order valence-corrected chi connectivity index (χ3v) is 3.61. The van der Waals surface area contributed by atoms with Gasteiger partial charge in [0.25, 0.3) is 0 Å². The summed E-state index contributed by atoms with van der Waals surface area (Å²) in [6.45, 7) is 1.83. The highest BCUT2D eigenvalue weighted by atomic mass is 16.5. The van der Waals surface area contributed by atoms with Crippen LogP contribution in [0.25, 0.3) is 0 Å². The maximum absolute atomic E-state index is 9.80. The van der Waals surface area contributed by atoms with Crippen molar-refractivity contribution in [2.24, 2.45) is 0 Å². The molecule has 1 aliphatic heterocycles. The van der Waals surface area contributed by atoms with Crippen molar-refractivity contribution >= 4 is 0 Å². The molecule has 1 saturated carbocycles. The predicted octanol–water partition coefficient (Wildman–Crippen LogP) is 1.45. The average molecular weight is 213 g/mol. The Kier molecular flexibility index (Phi) is 4.42. The zero-order valence-corrected chi connectivity index (χ0v) is 9.45. The number of hydrogen-bond donors (Lipinski definition) is 2. The fourth-order valence-electron chi connectivity index (χ4n) is 2.60. The minimum absolute atomic E-state index is 0.137. The summed E-state index contributed by atoms with van der Waals surface area (Å²) >= 11 is 0. The van der Waals surface area contributed by atoms with Crippen LogP contribution in [-0.4, -0.2) is 36.5 Å². The summed E-state index contributed by atoms with van der Waals surface area (Å²) < 4.78 is 5.66. The third kappa shape index (κ3) is 3.44. The van der Waals surface area contributed by atoms with Gasteiger partial charge in [0, 0.05) is 19.2 Å². The fourth-order valence-corrected chi connectivity index (χ4v) is 2.60. The van der Waals surface area contributed by atoms with Crippen LogP contribution in [-0.2, 0) is 4.74 Å². The Morgan fingerprint density at radius 2 is 1.87 bits per heavy atom. The number of hydrogen-bond acceptors (Lipinski definition) is 3. The second-order valence-corrected chi connectivity index (χ2v) is 4.86. The van der Waals surface area contributed by atoms with E-state index in [4.69, 9.17) is 4.74 Å². The van der Waals surface area contributed by atoms with E-state index in [1.807, 2.05) is 0 Å². The molecule has 0 aromatic heterocycles. The van der Waals surface area contributed by atoms with Crippen molar-refractivity contribution in [3.63, 3.8) is 0 Å². The van der Waals surface area contributed by atoms with Crippen LogP contribution in [0, 0.1) is 0 Å². The summed E-state index contributed by atoms with van der Waals surface area (Å²) in [7, 11) is 0. The topological polar surface area (TPSA) is 41.5 Å². The van der Waals surface area contributed by atoms with Gasteiger partial charge in [-0.2, -0.15) is 0 Å². The molecule has 0 bridgehead atoms. The van der Waals surface area contributed by atoms with E-state index in [0.29, 0.717) is 12.1 Å². The molecule has 15 heavy (non-hydrogen) atoms. The van der Waals surface area contributed by atoms with Crippen molar-refractivity contribution in [1.82, 2.24) is 5.32 Å². The Labute approximate surface area is 92.2 Å². The van der Waals surface area contributed by atoms with Crippen LogP contribution in [0.2, 0.25) is 0 Å². The molecular weight excluding hydrogens is 190 g/mol. The highest BCUT2D eigenvalue weighted by molar-refractivity contribution is 4.81. The summed E-state index contributed by atoms with van der Waals surface area (Å²) in [4.78, 5) is 0. The first-order valence-corrected chi connectivity index (χ1v) is 6.39. The van der Waals surface area contributed by atoms with E-state index in [-0.39, 0.29) is 6.10 Å². The van der Waals surface area contributed by atoms with Crippen LogP contribution in [0.3, 0.4) is 0 Å². The number of aliphatic hydroxyl groups is 1. The molecule has 3 heteroatoms. The van der Waals surface area contributed by atoms with E-state index in [1.165, 1.54) is 32.1 Å². The maximum atomic E-state index is 9.80. The van der Waals surface area contributed by atoms with Crippen molar-refractivity contribution < 1.29 is 9.84 Å². The molecule has 2 rings (SSSR count). The second kappa shape index (κ2) is 5.83. The van der Waals surface area contributed by atoms with E-state index >= 15 is 0 Å². The smallest absolute Gasteiger partial charge is 0.0699 e. The van der Waals surface area contributed by atoms with Crippen molar-refractivity contribution in [1.29, 1.82) is 0 Å². The van der Waals surface area contributed by atoms with Gasteiger partial charge in [-0.3, -0.25) is 0 Å². The quantitative estimate of drug-likeness (QED) is 0.745. The van der Waals surface area contributed by atoms with Crippen LogP contribution < -0.4 is 5.32 Å². The first-order valence-electron chi connectivity index (χ1n) is 6.39. The molecule has 0 aromatic carbocycles. The highest BCUT2D eigenvalue weighted by Crippen LogP contribution is 2.19. The van der Waals surface area contributed by atoms with Crippen LogP contribution >= 0.6 is 0 Å². The van der Waals surface area contributed by atoms with Gasteiger partial charge in [-0.25, -0.2) is 0 Å². The molecule has 1 aliphatic carbocycles. The molecule has 0 spiro atoms. The zero-order valence-electron chi connectivity index (χ0n) is 9.45. The van der Waals surface area contributed by atoms with Crippen LogP contribution in [0.15, 0.2) is 0 Å². The van der Waals surface area contributed by atoms with E-state index < -0.39 is 0 Å². The van der Waals surface area contributed by atoms with E-state index in [1.54, 1.807) is 0 Å². The number of aliphatic hydroxyl groups excluding tert-OH is 1. The average Bonchev–Trinajstić information content (AvgIpc) is 2.29. The molecule has 1 unspecified atom stereocenters. The van der Waals surface area contributed by atoms with Crippen molar-refractivity contribution in [2.75, 3.05) is 13.2 Å². The highest BCUT2D eigenvalue weighted by Gasteiger charge is 2.23. The Morgan fingerprint density at radius 1 is 1.07 bits per heavy atom. The summed E-state index contributed by atoms with van der Waals surface area (Å²) in [6.07, 6.45) is 8.43. The van der Waals surface area contributed by atoms with Gasteiger partial charge < -0.3 is 15.2 Å². The lowest BCUT2D eigenvalue weighted by atomic mass is 9.92. The van der Waals surface area contributed by atoms with Gasteiger partial charge in [0.05, 0.1) is 12.2 Å². The lowest BCUT2D eigenvalue weighted by molar-refractivity contribution is 0.00836. The minimum atomic E-state index is -0.137. The molecule has 0 amide bonds. The summed E-state index contributed by atoms with van der Waals surface area (Å²) in [6, 6.07) is 0.310. The van der Waals surface area contributed by atoms with Crippen molar-refractivity contribution in [3.05, 3.63) is 0 Å². The molecule has 1 heterocycles. The SMILES string of the molecule is O[C@H]1CCCC[C@@H]1NCC1CCCCO1. The van der Waals surface area contributed by atoms with Gasteiger partial charge >= 0.3 is 0 Å². The zero-order chi connectivity index (χ0) is 10.5. The molecule has 2 aliphatic rings. The van der Waals surface area contributed by atoms with Crippen LogP contribution in [0.1, 0.15) is 44.9 Å². The van der Waals surface area contributed by atoms with Crippen molar-refractivity contribution in [2.45, 2.75) is 63.2 Å². The lowest BCUT2D eigenvalue weighted by Gasteiger charge is -2.31. The minimum Gasteiger partial charge on any atom is -0.392 e. The van der Waals surface area contributed by atoms with Crippen molar-refractivity contribution in [3.8, 4) is 0 Å². The Bertz CT molecular complexity index is 180. The first-order chi connectivity index (χ1) is 7.36. The normalized spacial score (nSPS) is 37.8. The molecule has 0 radical (unpaired) electrons. The molecule has 2 N–H and O–H groups in total. The van der Waals surface area contributed by atoms with E-state index in [2.05, 4.69) is 5.32 Å². The van der Waals surface area contributed by atoms with Gasteiger partial charge in [-0.15, -0.1) is 0 Å². The molecular formula is C12H23NO2. The fraction of sp³-hybridized carbons (Fsp3) is 1.00. The standard InChI is InChI=1S/C12H23NO2/c14-12-7-2-1-6-11(12)13-9-10-5-3-4-8-15-10/h10-14H,1-9H2/t10?,11-,12-/m0/s1. The number of nitrogens with one attached hydrogen (secondary N) is 1. The molecule has 1 saturated heterocycles. The Morgan fingerprint density at radius 3 is 2.60 bits per heavy atom. The molecule has 88 valence electrons. The molecule has 2 fully saturated rings. The third-order valence-electron chi connectivity index (χ3n) is 3.61. The first kappa shape index (κ1) is 11.4. The van der Waals surface area contributed by atoms with Crippen LogP contribution in [0.4, 0.5) is 0 Å². The monoisotopic (exact) mass is 213 g/mol. The summed E-state index contributed by atoms with van der Waals surface area (Å²) in [5.41, 5.74) is 0. The lowest BCUT2D eigenvalue weighted by Crippen LogP contribution is -2.45. The number of rotatable bonds is 3. The Hall–Kier alpha value is -0.120. The number of ether oxygens (including phenoxy) is 1. The molecule has 3 atom stereocenters. The molecule has 0 aromatic rings. The largest absolute Gasteiger partial charge is 0.392 e. The van der Waals surface area contributed by atoms with Gasteiger partial charge in [-0.1, -0.05) is 12.8 Å². The predicted molar refractivity (Wildman–Crippen MR) is 59.9 cm³/mol. The van der Waals surface area contributed by atoms with Crippen LogP contribution in [0.5, 0.6) is 0 Å². The van der Waals surface area contributed by atoms with Gasteiger partial charge in [0.2, 0.25) is 0 Å². The van der Waals surface area contributed by atoms with Gasteiger partial charge in [-0.05, 0) is 32.1 Å². The summed E-state index contributed by atoms with van der Waals surface area (Å²) in [5.74, 6) is 0. The maximum Gasteiger partial charge on any atom is 0.0699 e. The summed E-state index contributed by atoms with van der Waals surface area (Å²) in [5, 5.41) is 13.3. The Balaban J connectivity index is 1.67. The van der Waals surface area contributed by atoms with Gasteiger partial charge in [0.15, 0.2) is 0 Å². The second-order valence-electron chi connectivity index (χ2n) is 4.86. The molecule has 3 nitrogen and oxygen atoms in total. The van der Waals surface area contributed by atoms with Gasteiger partial charge in [0.1, 0.15) is 0 Å².